The highest BCUT2D eigenvalue weighted by molar-refractivity contribution is 5.21. The van der Waals surface area contributed by atoms with Gasteiger partial charge in [0, 0.05) is 18.9 Å². The SMILES string of the molecule is C=CCNC(C#N)c1ccncc1. The first-order valence-electron chi connectivity index (χ1n) is 4.02. The molecule has 1 unspecified atom stereocenters. The third-order valence-corrected chi connectivity index (χ3v) is 1.63. The molecule has 0 aliphatic heterocycles. The predicted octanol–water partition coefficient (Wildman–Crippen LogP) is 1.42. The van der Waals surface area contributed by atoms with Crippen LogP contribution in [-0.2, 0) is 0 Å². The van der Waals surface area contributed by atoms with Gasteiger partial charge in [0.15, 0.2) is 0 Å². The molecule has 3 nitrogen and oxygen atoms in total. The lowest BCUT2D eigenvalue weighted by atomic mass is 10.1. The molecule has 0 spiro atoms. The zero-order chi connectivity index (χ0) is 9.52. The van der Waals surface area contributed by atoms with E-state index >= 15 is 0 Å². The summed E-state index contributed by atoms with van der Waals surface area (Å²) < 4.78 is 0. The molecule has 0 saturated heterocycles. The van der Waals surface area contributed by atoms with E-state index in [0.717, 1.165) is 5.56 Å². The number of nitriles is 1. The minimum Gasteiger partial charge on any atom is -0.295 e. The molecular weight excluding hydrogens is 162 g/mol. The summed E-state index contributed by atoms with van der Waals surface area (Å²) in [6, 6.07) is 5.54. The molecule has 13 heavy (non-hydrogen) atoms. The average molecular weight is 173 g/mol. The number of rotatable bonds is 4. The van der Waals surface area contributed by atoms with Crippen LogP contribution >= 0.6 is 0 Å². The van der Waals surface area contributed by atoms with Crippen LogP contribution < -0.4 is 5.32 Å². The molecule has 0 aliphatic rings. The summed E-state index contributed by atoms with van der Waals surface area (Å²) in [5.41, 5.74) is 0.930. The first-order chi connectivity index (χ1) is 6.38. The Hall–Kier alpha value is -1.66. The number of nitrogens with one attached hydrogen (secondary N) is 1. The van der Waals surface area contributed by atoms with E-state index in [-0.39, 0.29) is 6.04 Å². The number of pyridine rings is 1. The first kappa shape index (κ1) is 9.43. The lowest BCUT2D eigenvalue weighted by molar-refractivity contribution is 0.682. The highest BCUT2D eigenvalue weighted by Gasteiger charge is 2.06. The van der Waals surface area contributed by atoms with Crippen LogP contribution in [0.3, 0.4) is 0 Å². The number of hydrogen-bond donors (Lipinski definition) is 1. The van der Waals surface area contributed by atoms with E-state index in [9.17, 15) is 0 Å². The molecular formula is C10H11N3. The first-order valence-corrected chi connectivity index (χ1v) is 4.02. The Balaban J connectivity index is 2.68. The van der Waals surface area contributed by atoms with Gasteiger partial charge in [0.25, 0.3) is 0 Å². The molecule has 0 amide bonds. The fourth-order valence-electron chi connectivity index (χ4n) is 0.995. The zero-order valence-electron chi connectivity index (χ0n) is 7.27. The van der Waals surface area contributed by atoms with Crippen molar-refractivity contribution in [3.8, 4) is 6.07 Å². The van der Waals surface area contributed by atoms with Crippen molar-refractivity contribution in [1.82, 2.24) is 10.3 Å². The molecule has 0 saturated carbocycles. The maximum absolute atomic E-state index is 8.84. The van der Waals surface area contributed by atoms with Crippen molar-refractivity contribution >= 4 is 0 Å². The van der Waals surface area contributed by atoms with Crippen LogP contribution in [0.25, 0.3) is 0 Å². The summed E-state index contributed by atoms with van der Waals surface area (Å²) in [5, 5.41) is 11.9. The number of hydrogen-bond acceptors (Lipinski definition) is 3. The maximum atomic E-state index is 8.84. The Morgan fingerprint density at radius 2 is 2.31 bits per heavy atom. The standard InChI is InChI=1S/C10H11N3/c1-2-5-13-10(8-11)9-3-6-12-7-4-9/h2-4,6-7,10,13H,1,5H2. The van der Waals surface area contributed by atoms with Crippen LogP contribution in [0.15, 0.2) is 37.2 Å². The van der Waals surface area contributed by atoms with Crippen LogP contribution in [-0.4, -0.2) is 11.5 Å². The summed E-state index contributed by atoms with van der Waals surface area (Å²) in [7, 11) is 0. The second-order valence-corrected chi connectivity index (χ2v) is 2.54. The van der Waals surface area contributed by atoms with E-state index in [1.807, 2.05) is 12.1 Å². The summed E-state index contributed by atoms with van der Waals surface area (Å²) in [6.45, 7) is 4.20. The van der Waals surface area contributed by atoms with Gasteiger partial charge in [-0.05, 0) is 17.7 Å². The number of nitrogens with zero attached hydrogens (tertiary/aromatic N) is 2. The molecule has 66 valence electrons. The van der Waals surface area contributed by atoms with Gasteiger partial charge in [-0.15, -0.1) is 6.58 Å². The summed E-state index contributed by atoms with van der Waals surface area (Å²) in [4.78, 5) is 3.89. The summed E-state index contributed by atoms with van der Waals surface area (Å²) in [5.74, 6) is 0. The van der Waals surface area contributed by atoms with Gasteiger partial charge in [-0.3, -0.25) is 10.3 Å². The Morgan fingerprint density at radius 1 is 1.62 bits per heavy atom. The van der Waals surface area contributed by atoms with Gasteiger partial charge in [-0.2, -0.15) is 5.26 Å². The molecule has 1 aromatic heterocycles. The molecule has 0 aromatic carbocycles. The average Bonchev–Trinajstić information content (AvgIpc) is 2.21. The van der Waals surface area contributed by atoms with E-state index in [2.05, 4.69) is 22.9 Å². The van der Waals surface area contributed by atoms with E-state index in [1.54, 1.807) is 18.5 Å². The molecule has 1 heterocycles. The topological polar surface area (TPSA) is 48.7 Å². The molecule has 0 aliphatic carbocycles. The molecule has 1 aromatic rings. The van der Waals surface area contributed by atoms with Crippen LogP contribution in [0.2, 0.25) is 0 Å². The third kappa shape index (κ3) is 2.69. The predicted molar refractivity (Wildman–Crippen MR) is 50.8 cm³/mol. The monoisotopic (exact) mass is 173 g/mol. The van der Waals surface area contributed by atoms with Gasteiger partial charge in [-0.25, -0.2) is 0 Å². The minimum absolute atomic E-state index is 0.277. The lowest BCUT2D eigenvalue weighted by Gasteiger charge is -2.08. The smallest absolute Gasteiger partial charge is 0.121 e. The highest BCUT2D eigenvalue weighted by atomic mass is 14.9. The van der Waals surface area contributed by atoms with Crippen molar-refractivity contribution < 1.29 is 0 Å². The third-order valence-electron chi connectivity index (χ3n) is 1.63. The lowest BCUT2D eigenvalue weighted by Crippen LogP contribution is -2.19. The van der Waals surface area contributed by atoms with Crippen LogP contribution in [0.1, 0.15) is 11.6 Å². The van der Waals surface area contributed by atoms with Crippen molar-refractivity contribution in [3.05, 3.63) is 42.7 Å². The number of aromatic nitrogens is 1. The van der Waals surface area contributed by atoms with Crippen molar-refractivity contribution in [2.75, 3.05) is 6.54 Å². The molecule has 0 fully saturated rings. The second-order valence-electron chi connectivity index (χ2n) is 2.54. The van der Waals surface area contributed by atoms with E-state index in [0.29, 0.717) is 6.54 Å². The van der Waals surface area contributed by atoms with Crippen molar-refractivity contribution in [2.24, 2.45) is 0 Å². The van der Waals surface area contributed by atoms with Gasteiger partial charge < -0.3 is 0 Å². The largest absolute Gasteiger partial charge is 0.295 e. The van der Waals surface area contributed by atoms with Crippen molar-refractivity contribution in [2.45, 2.75) is 6.04 Å². The molecule has 3 heteroatoms. The van der Waals surface area contributed by atoms with Gasteiger partial charge >= 0.3 is 0 Å². The van der Waals surface area contributed by atoms with Crippen LogP contribution in [0, 0.1) is 11.3 Å². The normalized spacial score (nSPS) is 11.6. The van der Waals surface area contributed by atoms with Gasteiger partial charge in [0.05, 0.1) is 6.07 Å². The Morgan fingerprint density at radius 3 is 2.85 bits per heavy atom. The minimum atomic E-state index is -0.277. The molecule has 1 atom stereocenters. The Labute approximate surface area is 77.7 Å². The van der Waals surface area contributed by atoms with Crippen LogP contribution in [0.5, 0.6) is 0 Å². The molecule has 0 radical (unpaired) electrons. The van der Waals surface area contributed by atoms with Gasteiger partial charge in [0.1, 0.15) is 6.04 Å². The quantitative estimate of drug-likeness (QED) is 0.700. The second kappa shape index (κ2) is 5.07. The molecule has 1 N–H and O–H groups in total. The Kier molecular flexibility index (Phi) is 3.68. The van der Waals surface area contributed by atoms with Crippen LogP contribution in [0.4, 0.5) is 0 Å². The van der Waals surface area contributed by atoms with E-state index in [4.69, 9.17) is 5.26 Å². The Bertz CT molecular complexity index is 300. The molecule has 1 rings (SSSR count). The summed E-state index contributed by atoms with van der Waals surface area (Å²) in [6.07, 6.45) is 5.08. The zero-order valence-corrected chi connectivity index (χ0v) is 7.27. The van der Waals surface area contributed by atoms with Crippen molar-refractivity contribution in [3.63, 3.8) is 0 Å². The summed E-state index contributed by atoms with van der Waals surface area (Å²) >= 11 is 0. The van der Waals surface area contributed by atoms with E-state index < -0.39 is 0 Å². The fraction of sp³-hybridized carbons (Fsp3) is 0.200. The fourth-order valence-corrected chi connectivity index (χ4v) is 0.995. The van der Waals surface area contributed by atoms with Gasteiger partial charge in [-0.1, -0.05) is 6.08 Å². The van der Waals surface area contributed by atoms with E-state index in [1.165, 1.54) is 0 Å². The maximum Gasteiger partial charge on any atom is 0.121 e. The van der Waals surface area contributed by atoms with Crippen molar-refractivity contribution in [1.29, 1.82) is 5.26 Å². The highest BCUT2D eigenvalue weighted by Crippen LogP contribution is 2.09. The van der Waals surface area contributed by atoms with Gasteiger partial charge in [0.2, 0.25) is 0 Å². The molecule has 0 bridgehead atoms.